The van der Waals surface area contributed by atoms with Crippen molar-refractivity contribution in [2.45, 2.75) is 20.3 Å². The minimum atomic E-state index is 0.167. The molecule has 0 aliphatic carbocycles. The molecule has 19 heavy (non-hydrogen) atoms. The lowest BCUT2D eigenvalue weighted by molar-refractivity contribution is 0.608. The Morgan fingerprint density at radius 2 is 2.26 bits per heavy atom. The summed E-state index contributed by atoms with van der Waals surface area (Å²) in [5.74, 6) is 1.15. The van der Waals surface area contributed by atoms with Gasteiger partial charge < -0.3 is 9.88 Å². The van der Waals surface area contributed by atoms with Gasteiger partial charge in [0.15, 0.2) is 11.5 Å². The third kappa shape index (κ3) is 3.12. The van der Waals surface area contributed by atoms with Gasteiger partial charge in [0.2, 0.25) is 5.28 Å². The highest BCUT2D eigenvalue weighted by atomic mass is 35.5. The minimum Gasteiger partial charge on any atom is -0.353 e. The Hall–Kier alpha value is -1.87. The number of hydrogen-bond acceptors (Lipinski definition) is 5. The number of rotatable bonds is 5. The van der Waals surface area contributed by atoms with Crippen LogP contribution in [0.2, 0.25) is 5.28 Å². The molecule has 100 valence electrons. The summed E-state index contributed by atoms with van der Waals surface area (Å²) in [5.41, 5.74) is 1.30. The van der Waals surface area contributed by atoms with Gasteiger partial charge in [-0.2, -0.15) is 15.2 Å². The van der Waals surface area contributed by atoms with E-state index < -0.39 is 0 Å². The van der Waals surface area contributed by atoms with Crippen LogP contribution in [0.3, 0.4) is 0 Å². The summed E-state index contributed by atoms with van der Waals surface area (Å²) >= 11 is 5.93. The first kappa shape index (κ1) is 13.6. The van der Waals surface area contributed by atoms with Gasteiger partial charge in [-0.15, -0.1) is 0 Å². The lowest BCUT2D eigenvalue weighted by atomic mass is 10.2. The van der Waals surface area contributed by atoms with E-state index in [9.17, 15) is 0 Å². The van der Waals surface area contributed by atoms with Gasteiger partial charge >= 0.3 is 0 Å². The minimum absolute atomic E-state index is 0.167. The predicted octanol–water partition coefficient (Wildman–Crippen LogP) is 2.38. The number of fused-ring (bicyclic) bond motifs is 1. The first-order valence-electron chi connectivity index (χ1n) is 6.10. The summed E-state index contributed by atoms with van der Waals surface area (Å²) in [5, 5.41) is 8.94. The molecule has 0 saturated heterocycles. The maximum atomic E-state index is 8.77. The van der Waals surface area contributed by atoms with Crippen molar-refractivity contribution in [3.05, 3.63) is 11.6 Å². The molecule has 1 N–H and O–H groups in total. The molecule has 0 atom stereocenters. The van der Waals surface area contributed by atoms with E-state index in [1.54, 1.807) is 6.33 Å². The van der Waals surface area contributed by atoms with Gasteiger partial charge in [-0.3, -0.25) is 0 Å². The van der Waals surface area contributed by atoms with Crippen molar-refractivity contribution in [1.82, 2.24) is 19.9 Å². The van der Waals surface area contributed by atoms with Crippen LogP contribution in [0.25, 0.3) is 11.2 Å². The average molecular weight is 279 g/mol. The number of imidazole rings is 1. The van der Waals surface area contributed by atoms with E-state index >= 15 is 0 Å². The highest BCUT2D eigenvalue weighted by Crippen LogP contribution is 2.23. The summed E-state index contributed by atoms with van der Waals surface area (Å²) in [6.45, 7) is 5.64. The van der Waals surface area contributed by atoms with E-state index in [0.717, 1.165) is 12.1 Å². The predicted molar refractivity (Wildman–Crippen MR) is 74.0 cm³/mol. The van der Waals surface area contributed by atoms with Gasteiger partial charge in [-0.25, -0.2) is 4.98 Å². The summed E-state index contributed by atoms with van der Waals surface area (Å²) in [7, 11) is 0. The fourth-order valence-electron chi connectivity index (χ4n) is 1.93. The van der Waals surface area contributed by atoms with E-state index in [2.05, 4.69) is 39.9 Å². The zero-order valence-electron chi connectivity index (χ0n) is 10.9. The zero-order valence-corrected chi connectivity index (χ0v) is 11.6. The molecule has 2 aromatic heterocycles. The lowest BCUT2D eigenvalue weighted by Gasteiger charge is -2.24. The summed E-state index contributed by atoms with van der Waals surface area (Å²) in [4.78, 5) is 17.5. The van der Waals surface area contributed by atoms with E-state index in [0.29, 0.717) is 30.3 Å². The Balaban J connectivity index is 2.42. The third-order valence-corrected chi connectivity index (χ3v) is 2.79. The largest absolute Gasteiger partial charge is 0.353 e. The van der Waals surface area contributed by atoms with Crippen LogP contribution in [-0.2, 0) is 0 Å². The molecule has 0 aliphatic rings. The second kappa shape index (κ2) is 5.85. The molecule has 2 rings (SSSR count). The van der Waals surface area contributed by atoms with Crippen molar-refractivity contribution in [1.29, 1.82) is 5.26 Å². The number of halogens is 1. The molecule has 0 spiro atoms. The molecule has 0 bridgehead atoms. The first-order valence-corrected chi connectivity index (χ1v) is 6.48. The SMILES string of the molecule is CC(C)CN(CCC#N)c1nc(Cl)nc2nc[nH]c12. The molecule has 0 unspecified atom stereocenters. The van der Waals surface area contributed by atoms with E-state index in [1.807, 2.05) is 4.90 Å². The van der Waals surface area contributed by atoms with Crippen molar-refractivity contribution in [2.24, 2.45) is 5.92 Å². The monoisotopic (exact) mass is 278 g/mol. The van der Waals surface area contributed by atoms with E-state index in [-0.39, 0.29) is 5.28 Å². The molecule has 0 aromatic carbocycles. The lowest BCUT2D eigenvalue weighted by Crippen LogP contribution is -2.29. The number of nitriles is 1. The van der Waals surface area contributed by atoms with Crippen LogP contribution < -0.4 is 4.90 Å². The van der Waals surface area contributed by atoms with E-state index in [1.165, 1.54) is 0 Å². The standard InChI is InChI=1S/C12H15ClN6/c1-8(2)6-19(5-3-4-14)11-9-10(16-7-15-9)17-12(13)18-11/h7-8H,3,5-6H2,1-2H3,(H,15,16,17,18). The Morgan fingerprint density at radius 1 is 1.47 bits per heavy atom. The first-order chi connectivity index (χ1) is 9.11. The highest BCUT2D eigenvalue weighted by molar-refractivity contribution is 6.28. The quantitative estimate of drug-likeness (QED) is 0.849. The summed E-state index contributed by atoms with van der Waals surface area (Å²) < 4.78 is 0. The second-order valence-electron chi connectivity index (χ2n) is 4.67. The molecule has 7 heteroatoms. The Bertz CT molecular complexity index is 600. The molecule has 0 fully saturated rings. The Kier molecular flexibility index (Phi) is 4.17. The summed E-state index contributed by atoms with van der Waals surface area (Å²) in [6, 6.07) is 2.15. The van der Waals surface area contributed by atoms with Crippen molar-refractivity contribution in [2.75, 3.05) is 18.0 Å². The van der Waals surface area contributed by atoms with Crippen LogP contribution >= 0.6 is 11.6 Å². The normalized spacial score (nSPS) is 10.9. The molecule has 0 radical (unpaired) electrons. The van der Waals surface area contributed by atoms with Gasteiger partial charge in [0.05, 0.1) is 18.8 Å². The molecule has 0 amide bonds. The third-order valence-electron chi connectivity index (χ3n) is 2.62. The van der Waals surface area contributed by atoms with Crippen LogP contribution in [0.1, 0.15) is 20.3 Å². The van der Waals surface area contributed by atoms with Crippen molar-refractivity contribution in [3.8, 4) is 6.07 Å². The van der Waals surface area contributed by atoms with Crippen molar-refractivity contribution >= 4 is 28.6 Å². The number of hydrogen-bond donors (Lipinski definition) is 1. The van der Waals surface area contributed by atoms with Gasteiger partial charge in [0.1, 0.15) is 5.52 Å². The summed E-state index contributed by atoms with van der Waals surface area (Å²) in [6.07, 6.45) is 2.00. The van der Waals surface area contributed by atoms with Crippen LogP contribution in [0.15, 0.2) is 6.33 Å². The number of nitrogens with zero attached hydrogens (tertiary/aromatic N) is 5. The van der Waals surface area contributed by atoms with Crippen molar-refractivity contribution in [3.63, 3.8) is 0 Å². The molecule has 0 aliphatic heterocycles. The topological polar surface area (TPSA) is 81.5 Å². The van der Waals surface area contributed by atoms with Gasteiger partial charge in [-0.1, -0.05) is 13.8 Å². The van der Waals surface area contributed by atoms with Gasteiger partial charge in [0.25, 0.3) is 0 Å². The number of nitrogens with one attached hydrogen (secondary N) is 1. The molecular formula is C12H15ClN6. The molecule has 6 nitrogen and oxygen atoms in total. The number of anilines is 1. The number of H-pyrrole nitrogens is 1. The number of aromatic amines is 1. The van der Waals surface area contributed by atoms with E-state index in [4.69, 9.17) is 16.9 Å². The van der Waals surface area contributed by atoms with Gasteiger partial charge in [-0.05, 0) is 17.5 Å². The smallest absolute Gasteiger partial charge is 0.226 e. The van der Waals surface area contributed by atoms with Crippen LogP contribution in [0, 0.1) is 17.2 Å². The maximum Gasteiger partial charge on any atom is 0.226 e. The highest BCUT2D eigenvalue weighted by Gasteiger charge is 2.16. The fourth-order valence-corrected chi connectivity index (χ4v) is 2.09. The molecular weight excluding hydrogens is 264 g/mol. The average Bonchev–Trinajstić information content (AvgIpc) is 2.80. The molecule has 2 aromatic rings. The Morgan fingerprint density at radius 3 is 2.95 bits per heavy atom. The Labute approximate surface area is 116 Å². The molecule has 2 heterocycles. The second-order valence-corrected chi connectivity index (χ2v) is 5.00. The fraction of sp³-hybridized carbons (Fsp3) is 0.500. The number of aromatic nitrogens is 4. The van der Waals surface area contributed by atoms with Crippen LogP contribution in [0.4, 0.5) is 5.82 Å². The molecule has 0 saturated carbocycles. The van der Waals surface area contributed by atoms with Gasteiger partial charge in [0, 0.05) is 13.1 Å². The maximum absolute atomic E-state index is 8.77. The van der Waals surface area contributed by atoms with Crippen molar-refractivity contribution < 1.29 is 0 Å². The zero-order chi connectivity index (χ0) is 13.8. The van der Waals surface area contributed by atoms with Crippen LogP contribution in [-0.4, -0.2) is 33.0 Å². The van der Waals surface area contributed by atoms with Crippen LogP contribution in [0.5, 0.6) is 0 Å².